The fourth-order valence-corrected chi connectivity index (χ4v) is 2.72. The van der Waals surface area contributed by atoms with Gasteiger partial charge in [0.05, 0.1) is 6.10 Å². The van der Waals surface area contributed by atoms with Gasteiger partial charge in [-0.05, 0) is 53.0 Å². The van der Waals surface area contributed by atoms with Gasteiger partial charge in [0.25, 0.3) is 0 Å². The number of ether oxygens (including phenoxy) is 1. The van der Waals surface area contributed by atoms with Gasteiger partial charge in [0.1, 0.15) is 5.60 Å². The lowest BCUT2D eigenvalue weighted by Gasteiger charge is -2.39. The molecule has 0 aliphatic carbocycles. The van der Waals surface area contributed by atoms with Gasteiger partial charge < -0.3 is 20.1 Å². The SMILES string of the molecule is CCCCN1CC(NC(=O)OC(C)(C)C)CC(C(C)O)C1. The van der Waals surface area contributed by atoms with Crippen molar-refractivity contribution in [1.82, 2.24) is 10.2 Å². The Hall–Kier alpha value is -0.810. The lowest BCUT2D eigenvalue weighted by molar-refractivity contribution is 0.0298. The molecular formula is C16H32N2O3. The number of hydrogen-bond donors (Lipinski definition) is 2. The van der Waals surface area contributed by atoms with Gasteiger partial charge in [0, 0.05) is 19.1 Å². The smallest absolute Gasteiger partial charge is 0.407 e. The Labute approximate surface area is 129 Å². The quantitative estimate of drug-likeness (QED) is 0.818. The summed E-state index contributed by atoms with van der Waals surface area (Å²) < 4.78 is 5.32. The summed E-state index contributed by atoms with van der Waals surface area (Å²) in [5.74, 6) is 0.204. The molecule has 1 heterocycles. The van der Waals surface area contributed by atoms with Gasteiger partial charge in [-0.2, -0.15) is 0 Å². The number of alkyl carbamates (subject to hydrolysis) is 1. The Morgan fingerprint density at radius 2 is 2.10 bits per heavy atom. The molecule has 1 saturated heterocycles. The molecule has 0 aromatic rings. The predicted molar refractivity (Wildman–Crippen MR) is 84.3 cm³/mol. The van der Waals surface area contributed by atoms with Crippen molar-refractivity contribution in [3.05, 3.63) is 0 Å². The summed E-state index contributed by atoms with van der Waals surface area (Å²) in [4.78, 5) is 14.2. The van der Waals surface area contributed by atoms with Crippen LogP contribution in [0.3, 0.4) is 0 Å². The van der Waals surface area contributed by atoms with Crippen LogP contribution < -0.4 is 5.32 Å². The molecule has 0 spiro atoms. The highest BCUT2D eigenvalue weighted by Crippen LogP contribution is 2.21. The number of amides is 1. The molecule has 21 heavy (non-hydrogen) atoms. The lowest BCUT2D eigenvalue weighted by atomic mass is 9.90. The van der Waals surface area contributed by atoms with Crippen molar-refractivity contribution in [2.24, 2.45) is 5.92 Å². The van der Waals surface area contributed by atoms with Crippen LogP contribution in [-0.4, -0.2) is 53.5 Å². The Balaban J connectivity index is 2.56. The van der Waals surface area contributed by atoms with Crippen LogP contribution in [0.2, 0.25) is 0 Å². The van der Waals surface area contributed by atoms with E-state index in [9.17, 15) is 9.90 Å². The highest BCUT2D eigenvalue weighted by molar-refractivity contribution is 5.68. The third kappa shape index (κ3) is 7.14. The number of piperidine rings is 1. The minimum Gasteiger partial charge on any atom is -0.444 e. The molecule has 0 aromatic carbocycles. The number of aliphatic hydroxyl groups is 1. The number of rotatable bonds is 5. The molecule has 5 nitrogen and oxygen atoms in total. The van der Waals surface area contributed by atoms with Gasteiger partial charge in [0.15, 0.2) is 0 Å². The van der Waals surface area contributed by atoms with Crippen molar-refractivity contribution < 1.29 is 14.6 Å². The van der Waals surface area contributed by atoms with Crippen molar-refractivity contribution in [3.63, 3.8) is 0 Å². The number of aliphatic hydroxyl groups excluding tert-OH is 1. The molecule has 124 valence electrons. The molecule has 0 saturated carbocycles. The van der Waals surface area contributed by atoms with E-state index in [0.29, 0.717) is 0 Å². The van der Waals surface area contributed by atoms with Crippen LogP contribution in [0.25, 0.3) is 0 Å². The molecule has 0 aromatic heterocycles. The van der Waals surface area contributed by atoms with E-state index >= 15 is 0 Å². The Kier molecular flexibility index (Phi) is 6.94. The van der Waals surface area contributed by atoms with Gasteiger partial charge in [0.2, 0.25) is 0 Å². The summed E-state index contributed by atoms with van der Waals surface area (Å²) in [6, 6.07) is 0.0463. The highest BCUT2D eigenvalue weighted by atomic mass is 16.6. The molecule has 3 unspecified atom stereocenters. The van der Waals surface area contributed by atoms with Crippen LogP contribution in [0, 0.1) is 5.92 Å². The molecular weight excluding hydrogens is 268 g/mol. The number of carbonyl (C=O) groups excluding carboxylic acids is 1. The number of likely N-dealkylation sites (tertiary alicyclic amines) is 1. The molecule has 1 amide bonds. The van der Waals surface area contributed by atoms with Crippen LogP contribution in [0.5, 0.6) is 0 Å². The van der Waals surface area contributed by atoms with E-state index in [0.717, 1.165) is 38.9 Å². The summed E-state index contributed by atoms with van der Waals surface area (Å²) in [6.45, 7) is 12.3. The van der Waals surface area contributed by atoms with Crippen molar-refractivity contribution in [3.8, 4) is 0 Å². The van der Waals surface area contributed by atoms with E-state index in [1.165, 1.54) is 0 Å². The minimum absolute atomic E-state index is 0.0463. The molecule has 0 bridgehead atoms. The largest absolute Gasteiger partial charge is 0.444 e. The van der Waals surface area contributed by atoms with Crippen LogP contribution >= 0.6 is 0 Å². The molecule has 5 heteroatoms. The summed E-state index contributed by atoms with van der Waals surface area (Å²) in [7, 11) is 0. The Bertz CT molecular complexity index is 326. The zero-order valence-electron chi connectivity index (χ0n) is 14.2. The standard InChI is InChI=1S/C16H32N2O3/c1-6-7-8-18-10-13(12(2)19)9-14(11-18)17-15(20)21-16(3,4)5/h12-14,19H,6-11H2,1-5H3,(H,17,20). The molecule has 0 radical (unpaired) electrons. The molecule has 1 fully saturated rings. The topological polar surface area (TPSA) is 61.8 Å². The maximum absolute atomic E-state index is 11.9. The second-order valence-electron chi connectivity index (χ2n) is 7.19. The molecule has 1 aliphatic rings. The second kappa shape index (κ2) is 7.99. The monoisotopic (exact) mass is 300 g/mol. The normalized spacial score (nSPS) is 25.4. The number of hydrogen-bond acceptors (Lipinski definition) is 4. The van der Waals surface area contributed by atoms with Gasteiger partial charge in [-0.1, -0.05) is 13.3 Å². The fourth-order valence-electron chi connectivity index (χ4n) is 2.72. The number of nitrogens with one attached hydrogen (secondary N) is 1. The maximum atomic E-state index is 11.9. The van der Waals surface area contributed by atoms with Gasteiger partial charge in [-0.3, -0.25) is 0 Å². The average Bonchev–Trinajstić information content (AvgIpc) is 2.33. The zero-order valence-corrected chi connectivity index (χ0v) is 14.2. The number of nitrogens with zero attached hydrogens (tertiary/aromatic N) is 1. The van der Waals surface area contributed by atoms with Crippen LogP contribution in [0.1, 0.15) is 53.9 Å². The van der Waals surface area contributed by atoms with Gasteiger partial charge >= 0.3 is 6.09 Å². The van der Waals surface area contributed by atoms with Crippen molar-refractivity contribution in [2.45, 2.75) is 71.6 Å². The van der Waals surface area contributed by atoms with E-state index in [1.807, 2.05) is 27.7 Å². The minimum atomic E-state index is -0.482. The van der Waals surface area contributed by atoms with Crippen molar-refractivity contribution in [1.29, 1.82) is 0 Å². The zero-order chi connectivity index (χ0) is 16.0. The molecule has 3 atom stereocenters. The first-order chi connectivity index (χ1) is 9.71. The summed E-state index contributed by atoms with van der Waals surface area (Å²) in [5.41, 5.74) is -0.482. The first-order valence-electron chi connectivity index (χ1n) is 8.11. The first-order valence-corrected chi connectivity index (χ1v) is 8.11. The third-order valence-corrected chi connectivity index (χ3v) is 3.79. The van der Waals surface area contributed by atoms with E-state index < -0.39 is 5.60 Å². The third-order valence-electron chi connectivity index (χ3n) is 3.79. The van der Waals surface area contributed by atoms with Gasteiger partial charge in [-0.15, -0.1) is 0 Å². The van der Waals surface area contributed by atoms with Crippen LogP contribution in [0.15, 0.2) is 0 Å². The second-order valence-corrected chi connectivity index (χ2v) is 7.19. The summed E-state index contributed by atoms with van der Waals surface area (Å²) in [5, 5.41) is 12.8. The van der Waals surface area contributed by atoms with Crippen molar-refractivity contribution >= 4 is 6.09 Å². The summed E-state index contributed by atoms with van der Waals surface area (Å²) >= 11 is 0. The Morgan fingerprint density at radius 1 is 1.43 bits per heavy atom. The van der Waals surface area contributed by atoms with Crippen molar-refractivity contribution in [2.75, 3.05) is 19.6 Å². The number of carbonyl (C=O) groups is 1. The van der Waals surface area contributed by atoms with Crippen LogP contribution in [-0.2, 0) is 4.74 Å². The molecule has 1 rings (SSSR count). The highest BCUT2D eigenvalue weighted by Gasteiger charge is 2.31. The number of unbranched alkanes of at least 4 members (excludes halogenated alkanes) is 1. The molecule has 2 N–H and O–H groups in total. The summed E-state index contributed by atoms with van der Waals surface area (Å²) in [6.07, 6.45) is 2.39. The van der Waals surface area contributed by atoms with E-state index in [4.69, 9.17) is 4.74 Å². The van der Waals surface area contributed by atoms with E-state index in [2.05, 4.69) is 17.1 Å². The molecule has 1 aliphatic heterocycles. The maximum Gasteiger partial charge on any atom is 0.407 e. The predicted octanol–water partition coefficient (Wildman–Crippen LogP) is 2.38. The Morgan fingerprint density at radius 3 is 2.62 bits per heavy atom. The fraction of sp³-hybridized carbons (Fsp3) is 0.938. The van der Waals surface area contributed by atoms with E-state index in [1.54, 1.807) is 0 Å². The average molecular weight is 300 g/mol. The first kappa shape index (κ1) is 18.2. The lowest BCUT2D eigenvalue weighted by Crippen LogP contribution is -2.53. The van der Waals surface area contributed by atoms with E-state index in [-0.39, 0.29) is 24.2 Å². The van der Waals surface area contributed by atoms with Crippen LogP contribution in [0.4, 0.5) is 4.79 Å². The van der Waals surface area contributed by atoms with Gasteiger partial charge in [-0.25, -0.2) is 4.79 Å².